The average molecular weight is 308 g/mol. The van der Waals surface area contributed by atoms with Gasteiger partial charge in [-0.15, -0.1) is 0 Å². The van der Waals surface area contributed by atoms with Crippen LogP contribution >= 0.6 is 0 Å². The lowest BCUT2D eigenvalue weighted by molar-refractivity contribution is -0.150. The summed E-state index contributed by atoms with van der Waals surface area (Å²) in [5.74, 6) is 0.310. The maximum Gasteiger partial charge on any atom is 0.323 e. The van der Waals surface area contributed by atoms with Crippen molar-refractivity contribution in [3.63, 3.8) is 0 Å². The molecule has 2 heterocycles. The predicted octanol–water partition coefficient (Wildman–Crippen LogP) is 0.797. The van der Waals surface area contributed by atoms with Gasteiger partial charge in [0.2, 0.25) is 5.95 Å². The van der Waals surface area contributed by atoms with Gasteiger partial charge < -0.3 is 15.2 Å². The van der Waals surface area contributed by atoms with Crippen LogP contribution in [0.2, 0.25) is 0 Å². The lowest BCUT2D eigenvalue weighted by Gasteiger charge is -2.35. The monoisotopic (exact) mass is 308 g/mol. The maximum atomic E-state index is 11.9. The summed E-state index contributed by atoms with van der Waals surface area (Å²) in [5.41, 5.74) is 0.937. The molecule has 2 rings (SSSR count). The number of piperidine rings is 1. The summed E-state index contributed by atoms with van der Waals surface area (Å²) in [6.07, 6.45) is 5.17. The van der Waals surface area contributed by atoms with Crippen molar-refractivity contribution in [2.75, 3.05) is 25.5 Å². The topological polar surface area (TPSA) is 87.6 Å². The fourth-order valence-corrected chi connectivity index (χ4v) is 2.56. The molecule has 7 heteroatoms. The van der Waals surface area contributed by atoms with Crippen LogP contribution in [0.4, 0.5) is 5.95 Å². The smallest absolute Gasteiger partial charge is 0.323 e. The van der Waals surface area contributed by atoms with Crippen molar-refractivity contribution >= 4 is 11.9 Å². The number of carbonyl (C=O) groups excluding carboxylic acids is 1. The summed E-state index contributed by atoms with van der Waals surface area (Å²) in [5, 5.41) is 12.9. The first-order chi connectivity index (χ1) is 10.6. The normalized spacial score (nSPS) is 22.3. The van der Waals surface area contributed by atoms with Gasteiger partial charge in [-0.1, -0.05) is 6.92 Å². The number of rotatable bonds is 6. The molecule has 1 fully saturated rings. The van der Waals surface area contributed by atoms with E-state index in [0.717, 1.165) is 18.5 Å². The molecule has 2 N–H and O–H groups in total. The van der Waals surface area contributed by atoms with E-state index in [9.17, 15) is 9.90 Å². The fraction of sp³-hybridized carbons (Fsp3) is 0.667. The second kappa shape index (κ2) is 8.05. The highest BCUT2D eigenvalue weighted by atomic mass is 16.5. The van der Waals surface area contributed by atoms with Crippen LogP contribution in [0.1, 0.15) is 31.7 Å². The van der Waals surface area contributed by atoms with E-state index < -0.39 is 12.1 Å². The van der Waals surface area contributed by atoms with Gasteiger partial charge in [0.05, 0.1) is 13.2 Å². The van der Waals surface area contributed by atoms with Gasteiger partial charge in [-0.2, -0.15) is 0 Å². The summed E-state index contributed by atoms with van der Waals surface area (Å²) >= 11 is 0. The number of nitrogens with one attached hydrogen (secondary N) is 1. The highest BCUT2D eigenvalue weighted by molar-refractivity contribution is 5.75. The number of likely N-dealkylation sites (tertiary alicyclic amines) is 1. The minimum Gasteiger partial charge on any atom is -0.468 e. The Labute approximate surface area is 130 Å². The number of aliphatic hydroxyl groups excluding tert-OH is 1. The molecule has 0 aliphatic carbocycles. The standard InChI is InChI=1S/C15H24N4O3/c1-3-5-16-15-17-8-11(9-18-15)10-19-6-4-12(20)7-13(19)14(21)22-2/h8-9,12-13,20H,3-7,10H2,1-2H3,(H,16,17,18)/t12-,13+/m1/s1. The number of carbonyl (C=O) groups is 1. The van der Waals surface area contributed by atoms with Gasteiger partial charge in [-0.3, -0.25) is 9.69 Å². The predicted molar refractivity (Wildman–Crippen MR) is 82.3 cm³/mol. The average Bonchev–Trinajstić information content (AvgIpc) is 2.55. The third-order valence-electron chi connectivity index (χ3n) is 3.78. The summed E-state index contributed by atoms with van der Waals surface area (Å²) in [7, 11) is 1.37. The number of aliphatic hydroxyl groups is 1. The first-order valence-corrected chi connectivity index (χ1v) is 7.68. The van der Waals surface area contributed by atoms with Crippen LogP contribution in [0.5, 0.6) is 0 Å². The van der Waals surface area contributed by atoms with Gasteiger partial charge >= 0.3 is 5.97 Å². The molecule has 1 saturated heterocycles. The van der Waals surface area contributed by atoms with E-state index in [1.165, 1.54) is 7.11 Å². The molecule has 0 saturated carbocycles. The van der Waals surface area contributed by atoms with Crippen molar-refractivity contribution in [1.82, 2.24) is 14.9 Å². The molecule has 0 unspecified atom stereocenters. The van der Waals surface area contributed by atoms with E-state index in [-0.39, 0.29) is 5.97 Å². The Kier molecular flexibility index (Phi) is 6.09. The van der Waals surface area contributed by atoms with Crippen molar-refractivity contribution in [3.05, 3.63) is 18.0 Å². The van der Waals surface area contributed by atoms with E-state index in [2.05, 4.69) is 22.2 Å². The molecule has 122 valence electrons. The molecule has 22 heavy (non-hydrogen) atoms. The van der Waals surface area contributed by atoms with Gasteiger partial charge in [0.1, 0.15) is 6.04 Å². The molecule has 0 amide bonds. The Hall–Kier alpha value is -1.73. The van der Waals surface area contributed by atoms with Gasteiger partial charge in [-0.05, 0) is 19.3 Å². The number of methoxy groups -OCH3 is 1. The Morgan fingerprint density at radius 2 is 2.23 bits per heavy atom. The number of anilines is 1. The zero-order chi connectivity index (χ0) is 15.9. The molecule has 0 aromatic carbocycles. The Balaban J connectivity index is 1.99. The third kappa shape index (κ3) is 4.38. The molecule has 0 radical (unpaired) electrons. The molecule has 1 aromatic rings. The Morgan fingerprint density at radius 3 is 2.86 bits per heavy atom. The summed E-state index contributed by atoms with van der Waals surface area (Å²) in [6, 6.07) is -0.411. The molecule has 1 aliphatic rings. The SMILES string of the molecule is CCCNc1ncc(CN2CC[C@@H](O)C[C@H]2C(=O)OC)cn1. The second-order valence-corrected chi connectivity index (χ2v) is 5.53. The highest BCUT2D eigenvalue weighted by Gasteiger charge is 2.33. The molecule has 0 spiro atoms. The maximum absolute atomic E-state index is 11.9. The third-order valence-corrected chi connectivity index (χ3v) is 3.78. The number of esters is 1. The first kappa shape index (κ1) is 16.6. The van der Waals surface area contributed by atoms with Crippen LogP contribution in [-0.2, 0) is 16.1 Å². The van der Waals surface area contributed by atoms with E-state index in [0.29, 0.717) is 31.9 Å². The second-order valence-electron chi connectivity index (χ2n) is 5.53. The molecule has 2 atom stereocenters. The molecule has 1 aliphatic heterocycles. The lowest BCUT2D eigenvalue weighted by atomic mass is 9.99. The Bertz CT molecular complexity index is 480. The van der Waals surface area contributed by atoms with Crippen LogP contribution in [0.15, 0.2) is 12.4 Å². The quantitative estimate of drug-likeness (QED) is 0.751. The largest absolute Gasteiger partial charge is 0.468 e. The van der Waals surface area contributed by atoms with Crippen LogP contribution in [-0.4, -0.2) is 58.3 Å². The van der Waals surface area contributed by atoms with Crippen LogP contribution in [0.25, 0.3) is 0 Å². The number of aromatic nitrogens is 2. The number of hydrogen-bond donors (Lipinski definition) is 2. The van der Waals surface area contributed by atoms with Gasteiger partial charge in [0, 0.05) is 37.6 Å². The van der Waals surface area contributed by atoms with Crippen molar-refractivity contribution in [2.24, 2.45) is 0 Å². The zero-order valence-corrected chi connectivity index (χ0v) is 13.2. The van der Waals surface area contributed by atoms with Crippen LogP contribution in [0.3, 0.4) is 0 Å². The summed E-state index contributed by atoms with van der Waals surface area (Å²) in [4.78, 5) is 22.4. The van der Waals surface area contributed by atoms with Gasteiger partial charge in [-0.25, -0.2) is 9.97 Å². The van der Waals surface area contributed by atoms with Crippen molar-refractivity contribution < 1.29 is 14.6 Å². The van der Waals surface area contributed by atoms with E-state index in [1.54, 1.807) is 12.4 Å². The molecule has 7 nitrogen and oxygen atoms in total. The van der Waals surface area contributed by atoms with E-state index in [1.807, 2.05) is 4.90 Å². The van der Waals surface area contributed by atoms with Crippen molar-refractivity contribution in [1.29, 1.82) is 0 Å². The van der Waals surface area contributed by atoms with E-state index in [4.69, 9.17) is 4.74 Å². The lowest BCUT2D eigenvalue weighted by Crippen LogP contribution is -2.48. The van der Waals surface area contributed by atoms with Crippen molar-refractivity contribution in [2.45, 2.75) is 44.9 Å². The first-order valence-electron chi connectivity index (χ1n) is 7.68. The fourth-order valence-electron chi connectivity index (χ4n) is 2.56. The van der Waals surface area contributed by atoms with Crippen molar-refractivity contribution in [3.8, 4) is 0 Å². The minimum absolute atomic E-state index is 0.305. The molecule has 1 aromatic heterocycles. The van der Waals surface area contributed by atoms with Crippen LogP contribution < -0.4 is 5.32 Å². The zero-order valence-electron chi connectivity index (χ0n) is 13.2. The Morgan fingerprint density at radius 1 is 1.50 bits per heavy atom. The highest BCUT2D eigenvalue weighted by Crippen LogP contribution is 2.21. The summed E-state index contributed by atoms with van der Waals surface area (Å²) < 4.78 is 4.84. The van der Waals surface area contributed by atoms with E-state index >= 15 is 0 Å². The molecular formula is C15H24N4O3. The number of ether oxygens (including phenoxy) is 1. The number of hydrogen-bond acceptors (Lipinski definition) is 7. The summed E-state index contributed by atoms with van der Waals surface area (Å²) in [6.45, 7) is 4.14. The number of nitrogens with zero attached hydrogens (tertiary/aromatic N) is 3. The van der Waals surface area contributed by atoms with Gasteiger partial charge in [0.15, 0.2) is 0 Å². The van der Waals surface area contributed by atoms with Crippen LogP contribution in [0, 0.1) is 0 Å². The minimum atomic E-state index is -0.447. The molecule has 0 bridgehead atoms. The van der Waals surface area contributed by atoms with Gasteiger partial charge in [0.25, 0.3) is 0 Å². The molecular weight excluding hydrogens is 284 g/mol.